The average Bonchev–Trinajstić information content (AvgIpc) is 2.27. The lowest BCUT2D eigenvalue weighted by Gasteiger charge is -2.05. The second-order valence-electron chi connectivity index (χ2n) is 3.27. The molecule has 0 amide bonds. The van der Waals surface area contributed by atoms with Gasteiger partial charge in [0.25, 0.3) is 0 Å². The molecule has 0 aliphatic carbocycles. The van der Waals surface area contributed by atoms with Crippen molar-refractivity contribution in [3.05, 3.63) is 35.9 Å². The van der Waals surface area contributed by atoms with Gasteiger partial charge < -0.3 is 4.74 Å². The Kier molecular flexibility index (Phi) is 2.35. The third-order valence-corrected chi connectivity index (χ3v) is 2.30. The molecule has 0 atom stereocenters. The molecule has 0 unspecified atom stereocenters. The summed E-state index contributed by atoms with van der Waals surface area (Å²) in [6.45, 7) is 0. The molecule has 0 aromatic heterocycles. The van der Waals surface area contributed by atoms with E-state index in [0.717, 1.165) is 16.5 Å². The molecule has 2 aromatic carbocycles. The second kappa shape index (κ2) is 3.66. The molecule has 3 heteroatoms. The quantitative estimate of drug-likeness (QED) is 0.643. The molecule has 0 saturated heterocycles. The Balaban J connectivity index is 2.81. The molecule has 0 N–H and O–H groups in total. The molecule has 0 aliphatic rings. The van der Waals surface area contributed by atoms with Gasteiger partial charge in [0, 0.05) is 5.39 Å². The third kappa shape index (κ3) is 1.67. The lowest BCUT2D eigenvalue weighted by molar-refractivity contribution is 0.415. The molecule has 2 aromatic rings. The first-order valence-corrected chi connectivity index (χ1v) is 4.52. The number of hydrogen-bond acceptors (Lipinski definition) is 2. The highest BCUT2D eigenvalue weighted by Crippen LogP contribution is 2.22. The van der Waals surface area contributed by atoms with Crippen LogP contribution in [0.15, 0.2) is 30.3 Å². The minimum atomic E-state index is 0.573. The number of ether oxygens (including phenoxy) is 1. The predicted molar refractivity (Wildman–Crippen MR) is 60.6 cm³/mol. The van der Waals surface area contributed by atoms with Gasteiger partial charge in [-0.1, -0.05) is 23.7 Å². The number of fused-ring (bicyclic) bond motifs is 1. The van der Waals surface area contributed by atoms with Gasteiger partial charge in [-0.3, -0.25) is 0 Å². The van der Waals surface area contributed by atoms with Gasteiger partial charge >= 0.3 is 0 Å². The van der Waals surface area contributed by atoms with Crippen LogP contribution in [0.4, 0.5) is 0 Å². The van der Waals surface area contributed by atoms with Crippen LogP contribution in [0.25, 0.3) is 10.8 Å². The van der Waals surface area contributed by atoms with E-state index >= 15 is 0 Å². The molecule has 0 aliphatic heterocycles. The maximum absolute atomic E-state index is 8.98. The van der Waals surface area contributed by atoms with E-state index in [9.17, 15) is 0 Å². The molecule has 0 fully saturated rings. The summed E-state index contributed by atoms with van der Waals surface area (Å²) in [4.78, 5) is 0. The van der Waals surface area contributed by atoms with Crippen LogP contribution in [-0.4, -0.2) is 15.0 Å². The highest BCUT2D eigenvalue weighted by atomic mass is 16.5. The zero-order chi connectivity index (χ0) is 10.8. The summed E-state index contributed by atoms with van der Waals surface area (Å²) in [5.41, 5.74) is 1.17. The van der Waals surface area contributed by atoms with Gasteiger partial charge in [0.2, 0.25) is 0 Å². The van der Waals surface area contributed by atoms with E-state index in [2.05, 4.69) is 6.07 Å². The first-order chi connectivity index (χ1) is 7.24. The SMILES string of the molecule is [B]c1cc(C#N)c2cc(OC)ccc2c1. The molecule has 70 valence electrons. The fourth-order valence-electron chi connectivity index (χ4n) is 1.58. The number of nitriles is 1. The van der Waals surface area contributed by atoms with Gasteiger partial charge in [-0.15, -0.1) is 0 Å². The van der Waals surface area contributed by atoms with Crippen LogP contribution in [-0.2, 0) is 0 Å². The van der Waals surface area contributed by atoms with Crippen molar-refractivity contribution in [1.82, 2.24) is 0 Å². The lowest BCUT2D eigenvalue weighted by Crippen LogP contribution is -2.02. The first-order valence-electron chi connectivity index (χ1n) is 4.52. The van der Waals surface area contributed by atoms with Crippen LogP contribution >= 0.6 is 0 Å². The van der Waals surface area contributed by atoms with Crippen molar-refractivity contribution >= 4 is 24.1 Å². The number of nitrogens with zero attached hydrogens (tertiary/aromatic N) is 1. The standard InChI is InChI=1S/C12H8BNO/c1-15-11-3-2-8-4-10(13)5-9(7-14)12(8)6-11/h2-6H,1H3. The van der Waals surface area contributed by atoms with E-state index in [1.807, 2.05) is 24.3 Å². The lowest BCUT2D eigenvalue weighted by atomic mass is 9.90. The van der Waals surface area contributed by atoms with Gasteiger partial charge in [0.05, 0.1) is 18.7 Å². The fourth-order valence-corrected chi connectivity index (χ4v) is 1.58. The summed E-state index contributed by atoms with van der Waals surface area (Å²) in [7, 11) is 7.29. The van der Waals surface area contributed by atoms with Crippen LogP contribution in [0.3, 0.4) is 0 Å². The number of rotatable bonds is 1. The second-order valence-corrected chi connectivity index (χ2v) is 3.27. The van der Waals surface area contributed by atoms with E-state index < -0.39 is 0 Å². The number of methoxy groups -OCH3 is 1. The minimum Gasteiger partial charge on any atom is -0.497 e. The summed E-state index contributed by atoms with van der Waals surface area (Å²) in [6.07, 6.45) is 0. The van der Waals surface area contributed by atoms with Crippen molar-refractivity contribution in [2.24, 2.45) is 0 Å². The monoisotopic (exact) mass is 193 g/mol. The summed E-state index contributed by atoms with van der Waals surface area (Å²) in [5, 5.41) is 10.8. The normalized spacial score (nSPS) is 9.87. The van der Waals surface area contributed by atoms with Crippen molar-refractivity contribution < 1.29 is 4.74 Å². The van der Waals surface area contributed by atoms with E-state index in [1.54, 1.807) is 13.2 Å². The van der Waals surface area contributed by atoms with Crippen LogP contribution in [0.2, 0.25) is 0 Å². The van der Waals surface area contributed by atoms with Crippen molar-refractivity contribution in [3.8, 4) is 11.8 Å². The molecule has 0 spiro atoms. The van der Waals surface area contributed by atoms with Crippen LogP contribution in [0.5, 0.6) is 5.75 Å². The number of hydrogen-bond donors (Lipinski definition) is 0. The number of benzene rings is 2. The topological polar surface area (TPSA) is 33.0 Å². The molecule has 2 rings (SSSR count). The van der Waals surface area contributed by atoms with Crippen LogP contribution in [0, 0.1) is 11.3 Å². The molecule has 0 saturated carbocycles. The van der Waals surface area contributed by atoms with Gasteiger partial charge in [-0.05, 0) is 17.5 Å². The van der Waals surface area contributed by atoms with Gasteiger partial charge in [-0.2, -0.15) is 5.26 Å². The zero-order valence-electron chi connectivity index (χ0n) is 8.32. The van der Waals surface area contributed by atoms with Gasteiger partial charge in [0.15, 0.2) is 0 Å². The third-order valence-electron chi connectivity index (χ3n) is 2.30. The molecular formula is C12H8BNO. The summed E-state index contributed by atoms with van der Waals surface area (Å²) in [6, 6.07) is 11.2. The summed E-state index contributed by atoms with van der Waals surface area (Å²) in [5.74, 6) is 0.740. The largest absolute Gasteiger partial charge is 0.497 e. The van der Waals surface area contributed by atoms with Gasteiger partial charge in [0.1, 0.15) is 13.6 Å². The van der Waals surface area contributed by atoms with E-state index in [1.165, 1.54) is 0 Å². The highest BCUT2D eigenvalue weighted by molar-refractivity contribution is 6.33. The Morgan fingerprint density at radius 1 is 1.27 bits per heavy atom. The maximum atomic E-state index is 8.98. The molecule has 15 heavy (non-hydrogen) atoms. The predicted octanol–water partition coefficient (Wildman–Crippen LogP) is 1.51. The Hall–Kier alpha value is -1.95. The minimum absolute atomic E-state index is 0.573. The zero-order valence-corrected chi connectivity index (χ0v) is 8.32. The van der Waals surface area contributed by atoms with Crippen molar-refractivity contribution in [1.29, 1.82) is 5.26 Å². The average molecular weight is 193 g/mol. The van der Waals surface area contributed by atoms with Gasteiger partial charge in [-0.25, -0.2) is 0 Å². The van der Waals surface area contributed by atoms with Crippen LogP contribution in [0.1, 0.15) is 5.56 Å². The summed E-state index contributed by atoms with van der Waals surface area (Å²) < 4.78 is 5.11. The Morgan fingerprint density at radius 3 is 2.73 bits per heavy atom. The molecular weight excluding hydrogens is 185 g/mol. The highest BCUT2D eigenvalue weighted by Gasteiger charge is 2.03. The molecule has 2 nitrogen and oxygen atoms in total. The summed E-state index contributed by atoms with van der Waals surface area (Å²) >= 11 is 0. The maximum Gasteiger partial charge on any atom is 0.119 e. The van der Waals surface area contributed by atoms with Crippen molar-refractivity contribution in [3.63, 3.8) is 0 Å². The smallest absolute Gasteiger partial charge is 0.119 e. The van der Waals surface area contributed by atoms with E-state index in [4.69, 9.17) is 17.8 Å². The Morgan fingerprint density at radius 2 is 2.07 bits per heavy atom. The van der Waals surface area contributed by atoms with Crippen molar-refractivity contribution in [2.75, 3.05) is 7.11 Å². The fraction of sp³-hybridized carbons (Fsp3) is 0.0833. The molecule has 2 radical (unpaired) electrons. The first kappa shape index (κ1) is 9.60. The Bertz CT molecular complexity index is 557. The van der Waals surface area contributed by atoms with E-state index in [-0.39, 0.29) is 0 Å². The van der Waals surface area contributed by atoms with Crippen molar-refractivity contribution in [2.45, 2.75) is 0 Å². The van der Waals surface area contributed by atoms with E-state index in [0.29, 0.717) is 11.0 Å². The molecule has 0 bridgehead atoms. The van der Waals surface area contributed by atoms with Crippen LogP contribution < -0.4 is 10.2 Å². The molecule has 0 heterocycles. The Labute approximate surface area is 89.5 Å².